The molecule has 0 unspecified atom stereocenters. The van der Waals surface area contributed by atoms with Gasteiger partial charge in [-0.2, -0.15) is 13.2 Å². The van der Waals surface area contributed by atoms with Crippen LogP contribution in [0.25, 0.3) is 11.1 Å². The summed E-state index contributed by atoms with van der Waals surface area (Å²) in [5.74, 6) is -1.22. The number of rotatable bonds is 1. The summed E-state index contributed by atoms with van der Waals surface area (Å²) in [6.45, 7) is 0. The summed E-state index contributed by atoms with van der Waals surface area (Å²) in [7, 11) is 0. The highest BCUT2D eigenvalue weighted by molar-refractivity contribution is 6.26. The van der Waals surface area contributed by atoms with Gasteiger partial charge in [0.05, 0.1) is 10.6 Å². The van der Waals surface area contributed by atoms with Gasteiger partial charge in [0.2, 0.25) is 5.82 Å². The van der Waals surface area contributed by atoms with Crippen molar-refractivity contribution in [3.63, 3.8) is 0 Å². The van der Waals surface area contributed by atoms with Crippen molar-refractivity contribution in [1.82, 2.24) is 9.97 Å². The van der Waals surface area contributed by atoms with Gasteiger partial charge in [-0.1, -0.05) is 12.1 Å². The van der Waals surface area contributed by atoms with Crippen LogP contribution < -0.4 is 0 Å². The monoisotopic (exact) mass is 323 g/mol. The van der Waals surface area contributed by atoms with Gasteiger partial charge in [-0.3, -0.25) is 5.41 Å². The van der Waals surface area contributed by atoms with Gasteiger partial charge in [-0.15, -0.1) is 11.6 Å². The predicted octanol–water partition coefficient (Wildman–Crippen LogP) is 4.12. The number of nitrogens with one attached hydrogen (secondary N) is 1. The Bertz CT molecular complexity index is 769. The third-order valence-electron chi connectivity index (χ3n) is 4.06. The third-order valence-corrected chi connectivity index (χ3v) is 4.66. The Morgan fingerprint density at radius 2 is 1.86 bits per heavy atom. The topological polar surface area (TPSA) is 49.6 Å². The zero-order chi connectivity index (χ0) is 15.7. The van der Waals surface area contributed by atoms with Gasteiger partial charge >= 0.3 is 6.18 Å². The molecule has 2 aromatic rings. The van der Waals surface area contributed by atoms with E-state index in [0.29, 0.717) is 16.7 Å². The summed E-state index contributed by atoms with van der Waals surface area (Å²) in [6, 6.07) is 5.43. The van der Waals surface area contributed by atoms with Gasteiger partial charge in [0, 0.05) is 17.3 Å². The second-order valence-electron chi connectivity index (χ2n) is 5.55. The molecule has 2 aliphatic carbocycles. The molecule has 0 bridgehead atoms. The first-order chi connectivity index (χ1) is 10.3. The van der Waals surface area contributed by atoms with Crippen LogP contribution in [0.3, 0.4) is 0 Å². The summed E-state index contributed by atoms with van der Waals surface area (Å²) in [4.78, 5) is 6.53. The minimum absolute atomic E-state index is 0.0133. The minimum Gasteiger partial charge on any atom is -0.298 e. The van der Waals surface area contributed by atoms with Crippen LogP contribution in [-0.4, -0.2) is 15.7 Å². The molecular formula is C15H9ClF3N3. The van der Waals surface area contributed by atoms with Crippen LogP contribution in [0.1, 0.15) is 35.5 Å². The van der Waals surface area contributed by atoms with Gasteiger partial charge < -0.3 is 0 Å². The number of aromatic nitrogens is 2. The van der Waals surface area contributed by atoms with E-state index in [1.807, 2.05) is 6.07 Å². The van der Waals surface area contributed by atoms with Crippen molar-refractivity contribution in [3.05, 3.63) is 47.0 Å². The maximum Gasteiger partial charge on any atom is 0.451 e. The van der Waals surface area contributed by atoms with Gasteiger partial charge in [-0.05, 0) is 30.0 Å². The van der Waals surface area contributed by atoms with Crippen LogP contribution in [-0.2, 0) is 11.1 Å². The Morgan fingerprint density at radius 3 is 2.50 bits per heavy atom. The van der Waals surface area contributed by atoms with E-state index >= 15 is 0 Å². The van der Waals surface area contributed by atoms with E-state index < -0.39 is 12.0 Å². The van der Waals surface area contributed by atoms with Crippen molar-refractivity contribution in [3.8, 4) is 11.1 Å². The van der Waals surface area contributed by atoms with Crippen molar-refractivity contribution >= 4 is 17.3 Å². The standard InChI is InChI=1S/C15H9ClF3N3/c16-14(3-4-14)7-1-2-8-9(5-7)11(20)12-10(8)6-21-13(22-12)15(17,18)19/h1-2,5-6,20H,3-4H2. The molecule has 4 rings (SSSR count). The van der Waals surface area contributed by atoms with E-state index in [1.54, 1.807) is 12.1 Å². The van der Waals surface area contributed by atoms with E-state index in [1.165, 1.54) is 0 Å². The lowest BCUT2D eigenvalue weighted by atomic mass is 10.0. The van der Waals surface area contributed by atoms with Crippen LogP contribution >= 0.6 is 11.6 Å². The molecule has 0 amide bonds. The molecule has 112 valence electrons. The van der Waals surface area contributed by atoms with Gasteiger partial charge in [0.15, 0.2) is 0 Å². The van der Waals surface area contributed by atoms with Crippen LogP contribution in [0.4, 0.5) is 13.2 Å². The molecule has 0 saturated heterocycles. The van der Waals surface area contributed by atoms with Crippen molar-refractivity contribution in [2.45, 2.75) is 23.9 Å². The van der Waals surface area contributed by atoms with Crippen LogP contribution in [0, 0.1) is 5.41 Å². The summed E-state index contributed by atoms with van der Waals surface area (Å²) in [6.07, 6.45) is -1.75. The first-order valence-corrected chi connectivity index (χ1v) is 7.05. The summed E-state index contributed by atoms with van der Waals surface area (Å²) >= 11 is 6.37. The maximum absolute atomic E-state index is 12.7. The number of halogens is 4. The molecule has 22 heavy (non-hydrogen) atoms. The van der Waals surface area contributed by atoms with Crippen molar-refractivity contribution < 1.29 is 13.2 Å². The maximum atomic E-state index is 12.7. The SMILES string of the molecule is N=C1c2cc(C3(Cl)CC3)ccc2-c2cnc(C(F)(F)F)nc21. The van der Waals surface area contributed by atoms with Crippen LogP contribution in [0.2, 0.25) is 0 Å². The van der Waals surface area contributed by atoms with Crippen LogP contribution in [0.5, 0.6) is 0 Å². The average Bonchev–Trinajstić information content (AvgIpc) is 3.17. The first kappa shape index (κ1) is 13.7. The zero-order valence-corrected chi connectivity index (χ0v) is 11.9. The Morgan fingerprint density at radius 1 is 1.14 bits per heavy atom. The molecule has 1 fully saturated rings. The fraction of sp³-hybridized carbons (Fsp3) is 0.267. The normalized spacial score (nSPS) is 18.1. The van der Waals surface area contributed by atoms with E-state index in [4.69, 9.17) is 17.0 Å². The second-order valence-corrected chi connectivity index (χ2v) is 6.28. The highest BCUT2D eigenvalue weighted by Gasteiger charge is 2.43. The number of fused-ring (bicyclic) bond motifs is 3. The number of alkyl halides is 4. The smallest absolute Gasteiger partial charge is 0.298 e. The molecule has 1 saturated carbocycles. The summed E-state index contributed by atoms with van der Waals surface area (Å²) in [5, 5.41) is 8.13. The van der Waals surface area contributed by atoms with Crippen molar-refractivity contribution in [1.29, 1.82) is 5.41 Å². The van der Waals surface area contributed by atoms with Crippen molar-refractivity contribution in [2.24, 2.45) is 0 Å². The molecule has 7 heteroatoms. The molecule has 1 aromatic heterocycles. The molecule has 3 nitrogen and oxygen atoms in total. The van der Waals surface area contributed by atoms with E-state index in [0.717, 1.165) is 24.6 Å². The molecule has 0 radical (unpaired) electrons. The average molecular weight is 324 g/mol. The predicted molar refractivity (Wildman–Crippen MR) is 75.2 cm³/mol. The fourth-order valence-corrected chi connectivity index (χ4v) is 2.91. The van der Waals surface area contributed by atoms with Gasteiger partial charge in [0.25, 0.3) is 0 Å². The summed E-state index contributed by atoms with van der Waals surface area (Å²) in [5.41, 5.74) is 2.61. The van der Waals surface area contributed by atoms with E-state index in [-0.39, 0.29) is 16.3 Å². The minimum atomic E-state index is -4.62. The third kappa shape index (κ3) is 1.86. The molecule has 0 atom stereocenters. The lowest BCUT2D eigenvalue weighted by Gasteiger charge is -2.08. The molecule has 0 aliphatic heterocycles. The Labute approximate surface area is 128 Å². The van der Waals surface area contributed by atoms with Gasteiger partial charge in [-0.25, -0.2) is 9.97 Å². The number of hydrogen-bond donors (Lipinski definition) is 1. The Kier molecular flexibility index (Phi) is 2.53. The number of nitrogens with zero attached hydrogens (tertiary/aromatic N) is 2. The van der Waals surface area contributed by atoms with E-state index in [2.05, 4.69) is 9.97 Å². The van der Waals surface area contributed by atoms with Gasteiger partial charge in [0.1, 0.15) is 5.69 Å². The summed E-state index contributed by atoms with van der Waals surface area (Å²) < 4.78 is 38.2. The molecule has 1 N–H and O–H groups in total. The fourth-order valence-electron chi connectivity index (χ4n) is 2.70. The second kappa shape index (κ2) is 4.07. The number of benzene rings is 1. The Hall–Kier alpha value is -1.95. The molecule has 2 aliphatic rings. The van der Waals surface area contributed by atoms with Crippen LogP contribution in [0.15, 0.2) is 24.4 Å². The quantitative estimate of drug-likeness (QED) is 0.685. The molecule has 0 spiro atoms. The first-order valence-electron chi connectivity index (χ1n) is 6.67. The molecule has 1 heterocycles. The largest absolute Gasteiger partial charge is 0.451 e. The lowest BCUT2D eigenvalue weighted by Crippen LogP contribution is -2.13. The Balaban J connectivity index is 1.85. The van der Waals surface area contributed by atoms with E-state index in [9.17, 15) is 13.2 Å². The highest BCUT2D eigenvalue weighted by atomic mass is 35.5. The zero-order valence-electron chi connectivity index (χ0n) is 11.1. The number of hydrogen-bond acceptors (Lipinski definition) is 3. The molecular weight excluding hydrogens is 315 g/mol. The van der Waals surface area contributed by atoms with Crippen molar-refractivity contribution in [2.75, 3.05) is 0 Å². The highest BCUT2D eigenvalue weighted by Crippen LogP contribution is 2.53. The lowest BCUT2D eigenvalue weighted by molar-refractivity contribution is -0.145. The molecule has 1 aromatic carbocycles.